The maximum absolute atomic E-state index is 14.1. The number of carboxylic acids is 1. The molecule has 0 radical (unpaired) electrons. The molecule has 0 unspecified atom stereocenters. The van der Waals surface area contributed by atoms with Gasteiger partial charge in [0.15, 0.2) is 0 Å². The van der Waals surface area contributed by atoms with Gasteiger partial charge in [-0.2, -0.15) is 13.2 Å². The fourth-order valence-electron chi connectivity index (χ4n) is 7.83. The Kier molecular flexibility index (Phi) is 11.0. The number of alkyl halides is 3. The molecule has 48 heavy (non-hydrogen) atoms. The van der Waals surface area contributed by atoms with Gasteiger partial charge in [-0.1, -0.05) is 38.0 Å². The summed E-state index contributed by atoms with van der Waals surface area (Å²) in [5.41, 5.74) is -2.15. The highest BCUT2D eigenvalue weighted by Gasteiger charge is 2.46. The summed E-state index contributed by atoms with van der Waals surface area (Å²) >= 11 is 0. The summed E-state index contributed by atoms with van der Waals surface area (Å²) < 4.78 is 53.6. The smallest absolute Gasteiger partial charge is 0.418 e. The van der Waals surface area contributed by atoms with Gasteiger partial charge in [0.1, 0.15) is 11.4 Å². The van der Waals surface area contributed by atoms with E-state index in [-0.39, 0.29) is 12.5 Å². The molecule has 1 aromatic heterocycles. The van der Waals surface area contributed by atoms with E-state index in [1.54, 1.807) is 12.0 Å². The highest BCUT2D eigenvalue weighted by atomic mass is 19.4. The average molecular weight is 674 g/mol. The minimum Gasteiger partial charge on any atom is -0.493 e. The van der Waals surface area contributed by atoms with Crippen LogP contribution in [0.3, 0.4) is 0 Å². The topological polar surface area (TPSA) is 109 Å². The summed E-state index contributed by atoms with van der Waals surface area (Å²) in [6, 6.07) is 9.16. The zero-order valence-corrected chi connectivity index (χ0v) is 27.8. The summed E-state index contributed by atoms with van der Waals surface area (Å²) in [6.45, 7) is 3.40. The number of benzene rings is 1. The van der Waals surface area contributed by atoms with Gasteiger partial charge in [0, 0.05) is 44.5 Å². The van der Waals surface area contributed by atoms with E-state index < -0.39 is 52.3 Å². The number of methoxy groups -OCH3 is 1. The van der Waals surface area contributed by atoms with Gasteiger partial charge in [-0.3, -0.25) is 19.4 Å². The molecule has 3 fully saturated rings. The first-order valence-electron chi connectivity index (χ1n) is 17.1. The SMILES string of the molecule is CCC[C@@H]1[C@H](C(=O)N2CCC(OC)(c3ccccc3OCCCC3(C(=O)O)CCC3)CC2)CCCN1C(=O)c1ncccc1C(F)(F)F. The van der Waals surface area contributed by atoms with Gasteiger partial charge in [0.25, 0.3) is 5.91 Å². The van der Waals surface area contributed by atoms with Gasteiger partial charge in [0.05, 0.1) is 29.1 Å². The van der Waals surface area contributed by atoms with Gasteiger partial charge in [0.2, 0.25) is 5.91 Å². The molecule has 262 valence electrons. The van der Waals surface area contributed by atoms with Crippen molar-refractivity contribution in [2.24, 2.45) is 11.3 Å². The van der Waals surface area contributed by atoms with Crippen molar-refractivity contribution in [3.63, 3.8) is 0 Å². The zero-order chi connectivity index (χ0) is 34.5. The van der Waals surface area contributed by atoms with Gasteiger partial charge in [-0.25, -0.2) is 0 Å². The molecule has 1 saturated carbocycles. The molecule has 3 heterocycles. The lowest BCUT2D eigenvalue weighted by molar-refractivity contribution is -0.155. The van der Waals surface area contributed by atoms with E-state index in [1.165, 1.54) is 17.2 Å². The lowest BCUT2D eigenvalue weighted by Crippen LogP contribution is -2.55. The van der Waals surface area contributed by atoms with Crippen molar-refractivity contribution in [3.8, 4) is 5.75 Å². The van der Waals surface area contributed by atoms with E-state index in [9.17, 15) is 32.7 Å². The first-order chi connectivity index (χ1) is 23.0. The van der Waals surface area contributed by atoms with Gasteiger partial charge in [-0.05, 0) is 76.0 Å². The van der Waals surface area contributed by atoms with Crippen molar-refractivity contribution in [3.05, 3.63) is 59.4 Å². The number of nitrogens with zero attached hydrogens (tertiary/aromatic N) is 3. The number of carboxylic acid groups (broad SMARTS) is 1. The van der Waals surface area contributed by atoms with E-state index in [0.717, 1.165) is 18.1 Å². The lowest BCUT2D eigenvalue weighted by Gasteiger charge is -2.45. The van der Waals surface area contributed by atoms with E-state index >= 15 is 0 Å². The number of pyridine rings is 1. The molecule has 2 amide bonds. The highest BCUT2D eigenvalue weighted by Crippen LogP contribution is 2.46. The first-order valence-corrected chi connectivity index (χ1v) is 17.1. The number of hydrogen-bond acceptors (Lipinski definition) is 6. The normalized spacial score (nSPS) is 22.1. The second-order valence-electron chi connectivity index (χ2n) is 13.4. The van der Waals surface area contributed by atoms with Crippen LogP contribution in [0.4, 0.5) is 13.2 Å². The molecular weight excluding hydrogens is 627 g/mol. The van der Waals surface area contributed by atoms with Crippen LogP contribution in [0.2, 0.25) is 0 Å². The Morgan fingerprint density at radius 2 is 1.75 bits per heavy atom. The predicted molar refractivity (Wildman–Crippen MR) is 171 cm³/mol. The molecule has 0 spiro atoms. The Balaban J connectivity index is 1.26. The van der Waals surface area contributed by atoms with Crippen LogP contribution in [-0.2, 0) is 26.1 Å². The molecule has 3 aliphatic rings. The number of carbonyl (C=O) groups excluding carboxylic acids is 2. The third-order valence-corrected chi connectivity index (χ3v) is 10.7. The first kappa shape index (κ1) is 35.6. The van der Waals surface area contributed by atoms with Gasteiger partial charge in [-0.15, -0.1) is 0 Å². The number of para-hydroxylation sites is 1. The summed E-state index contributed by atoms with van der Waals surface area (Å²) in [6.07, 6.45) is 3.24. The number of ether oxygens (including phenoxy) is 2. The molecular formula is C36H46F3N3O6. The Bertz CT molecular complexity index is 1450. The number of aromatic nitrogens is 1. The Hall–Kier alpha value is -3.67. The maximum Gasteiger partial charge on any atom is 0.418 e. The Morgan fingerprint density at radius 1 is 1.02 bits per heavy atom. The van der Waals surface area contributed by atoms with Crippen molar-refractivity contribution in [1.82, 2.24) is 14.8 Å². The van der Waals surface area contributed by atoms with Crippen LogP contribution in [0.5, 0.6) is 5.75 Å². The number of hydrogen-bond donors (Lipinski definition) is 1. The number of rotatable bonds is 12. The summed E-state index contributed by atoms with van der Waals surface area (Å²) in [5, 5.41) is 9.64. The van der Waals surface area contributed by atoms with Crippen LogP contribution < -0.4 is 4.74 Å². The second-order valence-corrected chi connectivity index (χ2v) is 13.4. The van der Waals surface area contributed by atoms with Crippen LogP contribution in [0.25, 0.3) is 0 Å². The summed E-state index contributed by atoms with van der Waals surface area (Å²) in [5.74, 6) is -1.48. The van der Waals surface area contributed by atoms with Crippen LogP contribution in [0, 0.1) is 11.3 Å². The maximum atomic E-state index is 14.1. The van der Waals surface area contributed by atoms with Crippen molar-refractivity contribution in [2.75, 3.05) is 33.4 Å². The minimum atomic E-state index is -4.73. The number of likely N-dealkylation sites (tertiary alicyclic amines) is 2. The zero-order valence-electron chi connectivity index (χ0n) is 27.8. The number of amides is 2. The van der Waals surface area contributed by atoms with E-state index in [2.05, 4.69) is 4.98 Å². The molecule has 9 nitrogen and oxygen atoms in total. The van der Waals surface area contributed by atoms with Crippen molar-refractivity contribution in [1.29, 1.82) is 0 Å². The highest BCUT2D eigenvalue weighted by molar-refractivity contribution is 5.95. The lowest BCUT2D eigenvalue weighted by atomic mass is 9.66. The molecule has 2 saturated heterocycles. The molecule has 1 N–H and O–H groups in total. The number of carbonyl (C=O) groups is 3. The van der Waals surface area contributed by atoms with Crippen LogP contribution in [0.15, 0.2) is 42.6 Å². The molecule has 0 bridgehead atoms. The van der Waals surface area contributed by atoms with E-state index in [0.29, 0.717) is 89.7 Å². The standard InChI is InChI=1S/C36H46F3N3O6/c1-3-10-28-25(11-7-21-42(28)32(44)30-27(36(37,38)39)13-6-20-40-30)31(43)41-22-18-35(47-2,19-23-41)26-12-4-5-14-29(26)48-24-9-17-34(33(45)46)15-8-16-34/h4-6,12-14,20,25,28H,3,7-11,15-19,21-24H2,1-2H3,(H,45,46)/t25-,28-/m1/s1. The summed E-state index contributed by atoms with van der Waals surface area (Å²) in [4.78, 5) is 46.5. The second kappa shape index (κ2) is 14.8. The monoisotopic (exact) mass is 673 g/mol. The molecule has 1 aromatic carbocycles. The number of halogens is 3. The quantitative estimate of drug-likeness (QED) is 0.250. The largest absolute Gasteiger partial charge is 0.493 e. The third kappa shape index (κ3) is 7.18. The summed E-state index contributed by atoms with van der Waals surface area (Å²) in [7, 11) is 1.65. The van der Waals surface area contributed by atoms with Gasteiger partial charge < -0.3 is 24.4 Å². The predicted octanol–water partition coefficient (Wildman–Crippen LogP) is 6.70. The fourth-order valence-corrected chi connectivity index (χ4v) is 7.83. The van der Waals surface area contributed by atoms with Crippen LogP contribution >= 0.6 is 0 Å². The van der Waals surface area contributed by atoms with Crippen LogP contribution in [0.1, 0.15) is 99.2 Å². The van der Waals surface area contributed by atoms with Crippen molar-refractivity contribution in [2.45, 2.75) is 95.4 Å². The molecule has 5 rings (SSSR count). The third-order valence-electron chi connectivity index (χ3n) is 10.7. The Morgan fingerprint density at radius 3 is 2.38 bits per heavy atom. The van der Waals surface area contributed by atoms with Gasteiger partial charge >= 0.3 is 12.1 Å². The number of piperidine rings is 2. The average Bonchev–Trinajstić information content (AvgIpc) is 3.07. The molecule has 2 atom stereocenters. The molecule has 1 aliphatic carbocycles. The number of aliphatic carboxylic acids is 1. The Labute approximate surface area is 279 Å². The van der Waals surface area contributed by atoms with E-state index in [4.69, 9.17) is 9.47 Å². The molecule has 12 heteroatoms. The molecule has 2 aliphatic heterocycles. The fraction of sp³-hybridized carbons (Fsp3) is 0.611. The molecule has 2 aromatic rings. The van der Waals surface area contributed by atoms with Crippen molar-refractivity contribution >= 4 is 17.8 Å². The van der Waals surface area contributed by atoms with Crippen molar-refractivity contribution < 1.29 is 42.1 Å². The van der Waals surface area contributed by atoms with Crippen LogP contribution in [-0.4, -0.2) is 77.1 Å². The minimum absolute atomic E-state index is 0.0967. The van der Waals surface area contributed by atoms with E-state index in [1.807, 2.05) is 31.2 Å².